The second-order valence-electron chi connectivity index (χ2n) is 11.1. The van der Waals surface area contributed by atoms with Crippen molar-refractivity contribution in [3.63, 3.8) is 0 Å². The van der Waals surface area contributed by atoms with Crippen LogP contribution in [0.5, 0.6) is 0 Å². The summed E-state index contributed by atoms with van der Waals surface area (Å²) >= 11 is 0. The first-order valence-electron chi connectivity index (χ1n) is 11.9. The van der Waals surface area contributed by atoms with Gasteiger partial charge in [0.25, 0.3) is 0 Å². The number of hydrogen-bond donors (Lipinski definition) is 0. The number of hydrogen-bond acceptors (Lipinski definition) is 2. The zero-order valence-electron chi connectivity index (χ0n) is 20.4. The van der Waals surface area contributed by atoms with E-state index < -0.39 is 0 Å². The Labute approximate surface area is 195 Å². The number of aromatic nitrogens is 2. The van der Waals surface area contributed by atoms with Gasteiger partial charge in [-0.15, -0.1) is 0 Å². The third-order valence-corrected chi connectivity index (χ3v) is 7.93. The third-order valence-electron chi connectivity index (χ3n) is 7.93. The number of rotatable bonds is 1. The summed E-state index contributed by atoms with van der Waals surface area (Å²) in [6.07, 6.45) is 6.48. The number of nitrogens with zero attached hydrogens (tertiary/aromatic N) is 2. The summed E-state index contributed by atoms with van der Waals surface area (Å²) in [7, 11) is 2.09. The average molecular weight is 436 g/mol. The molecular weight excluding hydrogens is 404 g/mol. The molecule has 0 amide bonds. The number of furan rings is 1. The average Bonchev–Trinajstić information content (AvgIpc) is 3.16. The van der Waals surface area contributed by atoms with Crippen LogP contribution in [0.2, 0.25) is 0 Å². The molecule has 3 nitrogen and oxygen atoms in total. The number of fused-ring (bicyclic) bond motifs is 7. The van der Waals surface area contributed by atoms with Crippen molar-refractivity contribution in [1.29, 1.82) is 0 Å². The SMILES string of the molecule is Cc1ccc2c(oc3c2ncc2ccc4c(c23)C(C)(C)CCC4(C)C)c1-c1cccc[n+]1C. The minimum Gasteiger partial charge on any atom is -0.453 e. The summed E-state index contributed by atoms with van der Waals surface area (Å²) in [5, 5.41) is 3.49. The van der Waals surface area contributed by atoms with E-state index in [1.165, 1.54) is 34.9 Å². The zero-order valence-corrected chi connectivity index (χ0v) is 20.4. The predicted octanol–water partition coefficient (Wildman–Crippen LogP) is 7.28. The molecule has 3 heterocycles. The highest BCUT2D eigenvalue weighted by molar-refractivity contribution is 6.16. The van der Waals surface area contributed by atoms with Crippen molar-refractivity contribution in [3.05, 3.63) is 71.5 Å². The van der Waals surface area contributed by atoms with E-state index in [1.54, 1.807) is 0 Å². The van der Waals surface area contributed by atoms with Crippen LogP contribution >= 0.6 is 0 Å². The lowest BCUT2D eigenvalue weighted by atomic mass is 9.62. The second-order valence-corrected chi connectivity index (χ2v) is 11.1. The Morgan fingerprint density at radius 2 is 1.70 bits per heavy atom. The van der Waals surface area contributed by atoms with Gasteiger partial charge in [0.2, 0.25) is 5.69 Å². The molecule has 166 valence electrons. The molecule has 1 aliphatic carbocycles. The van der Waals surface area contributed by atoms with E-state index in [1.807, 2.05) is 6.20 Å². The Hall–Kier alpha value is -3.20. The van der Waals surface area contributed by atoms with Crippen molar-refractivity contribution in [2.24, 2.45) is 7.05 Å². The fourth-order valence-electron chi connectivity index (χ4n) is 5.90. The maximum Gasteiger partial charge on any atom is 0.216 e. The Morgan fingerprint density at radius 3 is 2.48 bits per heavy atom. The smallest absolute Gasteiger partial charge is 0.216 e. The van der Waals surface area contributed by atoms with Gasteiger partial charge >= 0.3 is 0 Å². The lowest BCUT2D eigenvalue weighted by Gasteiger charge is -2.42. The van der Waals surface area contributed by atoms with E-state index in [4.69, 9.17) is 9.40 Å². The summed E-state index contributed by atoms with van der Waals surface area (Å²) in [5.74, 6) is 0. The molecule has 0 radical (unpaired) electrons. The Morgan fingerprint density at radius 1 is 0.909 bits per heavy atom. The minimum absolute atomic E-state index is 0.0856. The van der Waals surface area contributed by atoms with Crippen LogP contribution in [0, 0.1) is 6.92 Å². The molecule has 0 saturated heterocycles. The second kappa shape index (κ2) is 6.66. The fraction of sp³-hybridized carbons (Fsp3) is 0.333. The van der Waals surface area contributed by atoms with E-state index in [-0.39, 0.29) is 10.8 Å². The topological polar surface area (TPSA) is 29.9 Å². The van der Waals surface area contributed by atoms with Crippen LogP contribution < -0.4 is 4.57 Å². The van der Waals surface area contributed by atoms with E-state index in [9.17, 15) is 0 Å². The molecule has 0 bridgehead atoms. The van der Waals surface area contributed by atoms with Crippen LogP contribution in [0.25, 0.3) is 44.1 Å². The highest BCUT2D eigenvalue weighted by Gasteiger charge is 2.39. The maximum atomic E-state index is 6.84. The molecule has 0 fully saturated rings. The summed E-state index contributed by atoms with van der Waals surface area (Å²) in [4.78, 5) is 4.92. The van der Waals surface area contributed by atoms with Crippen molar-refractivity contribution in [3.8, 4) is 11.3 Å². The van der Waals surface area contributed by atoms with Crippen molar-refractivity contribution in [2.45, 2.75) is 58.3 Å². The molecule has 33 heavy (non-hydrogen) atoms. The fourth-order valence-corrected chi connectivity index (χ4v) is 5.90. The van der Waals surface area contributed by atoms with Gasteiger partial charge in [0.05, 0.1) is 5.56 Å². The Balaban J connectivity index is 1.80. The highest BCUT2D eigenvalue weighted by atomic mass is 16.3. The van der Waals surface area contributed by atoms with Crippen LogP contribution in [0.3, 0.4) is 0 Å². The highest BCUT2D eigenvalue weighted by Crippen LogP contribution is 2.50. The van der Waals surface area contributed by atoms with Gasteiger partial charge in [-0.05, 0) is 59.4 Å². The summed E-state index contributed by atoms with van der Waals surface area (Å²) in [6, 6.07) is 15.2. The van der Waals surface area contributed by atoms with Gasteiger partial charge in [-0.2, -0.15) is 0 Å². The molecule has 3 heteroatoms. The van der Waals surface area contributed by atoms with Crippen LogP contribution in [0.1, 0.15) is 57.2 Å². The Bertz CT molecular complexity index is 1590. The van der Waals surface area contributed by atoms with Gasteiger partial charge in [0, 0.05) is 34.5 Å². The van der Waals surface area contributed by atoms with E-state index in [0.717, 1.165) is 38.7 Å². The number of aryl methyl sites for hydroxylation is 2. The molecule has 0 atom stereocenters. The molecule has 3 aromatic heterocycles. The molecule has 6 rings (SSSR count). The lowest BCUT2D eigenvalue weighted by Crippen LogP contribution is -2.34. The van der Waals surface area contributed by atoms with Crippen LogP contribution in [-0.4, -0.2) is 4.98 Å². The van der Waals surface area contributed by atoms with Gasteiger partial charge < -0.3 is 4.42 Å². The molecule has 0 saturated carbocycles. The molecule has 1 aliphatic rings. The first kappa shape index (κ1) is 20.4. The molecule has 5 aromatic rings. The van der Waals surface area contributed by atoms with Gasteiger partial charge in [-0.25, -0.2) is 4.57 Å². The van der Waals surface area contributed by atoms with Crippen molar-refractivity contribution >= 4 is 32.8 Å². The van der Waals surface area contributed by atoms with Gasteiger partial charge in [-0.1, -0.05) is 45.9 Å². The van der Waals surface area contributed by atoms with Gasteiger partial charge in [0.1, 0.15) is 12.6 Å². The maximum absolute atomic E-state index is 6.84. The van der Waals surface area contributed by atoms with Crippen molar-refractivity contribution < 1.29 is 8.98 Å². The first-order valence-corrected chi connectivity index (χ1v) is 11.9. The van der Waals surface area contributed by atoms with Crippen molar-refractivity contribution in [1.82, 2.24) is 4.98 Å². The molecule has 0 unspecified atom stereocenters. The normalized spacial score (nSPS) is 17.0. The number of benzene rings is 2. The van der Waals surface area contributed by atoms with Crippen LogP contribution in [0.15, 0.2) is 59.3 Å². The first-order chi connectivity index (χ1) is 15.7. The largest absolute Gasteiger partial charge is 0.453 e. The van der Waals surface area contributed by atoms with Crippen LogP contribution in [-0.2, 0) is 17.9 Å². The summed E-state index contributed by atoms with van der Waals surface area (Å²) in [5.41, 5.74) is 9.44. The van der Waals surface area contributed by atoms with Gasteiger partial charge in [-0.3, -0.25) is 4.98 Å². The minimum atomic E-state index is 0.0856. The molecule has 0 N–H and O–H groups in total. The number of pyridine rings is 2. The van der Waals surface area contributed by atoms with Crippen molar-refractivity contribution in [2.75, 3.05) is 0 Å². The predicted molar refractivity (Wildman–Crippen MR) is 136 cm³/mol. The van der Waals surface area contributed by atoms with E-state index in [2.05, 4.69) is 94.9 Å². The molecule has 0 spiro atoms. The lowest BCUT2D eigenvalue weighted by molar-refractivity contribution is -0.660. The molecule has 0 aliphatic heterocycles. The summed E-state index contributed by atoms with van der Waals surface area (Å²) < 4.78 is 9.00. The Kier molecular flexibility index (Phi) is 4.12. The quantitative estimate of drug-likeness (QED) is 0.259. The van der Waals surface area contributed by atoms with Crippen LogP contribution in [0.4, 0.5) is 0 Å². The standard InChI is InChI=1S/C30H31N2O/c1-18-10-12-20-26-28(33-27(20)23(18)22-9-7-8-16-32(22)6)24-19(17-31-26)11-13-21-25(24)30(4,5)15-14-29(21,2)3/h7-13,16-17H,14-15H2,1-6H3/q+1. The van der Waals surface area contributed by atoms with Gasteiger partial charge in [0.15, 0.2) is 17.4 Å². The van der Waals surface area contributed by atoms with E-state index in [0.29, 0.717) is 0 Å². The molecular formula is C30H31N2O+. The monoisotopic (exact) mass is 435 g/mol. The molecule has 2 aromatic carbocycles. The summed E-state index contributed by atoms with van der Waals surface area (Å²) in [6.45, 7) is 11.7. The zero-order chi connectivity index (χ0) is 23.1. The third kappa shape index (κ3) is 2.81. The van der Waals surface area contributed by atoms with E-state index >= 15 is 0 Å².